The number of carbonyl (C=O) groups is 2. The predicted octanol–water partition coefficient (Wildman–Crippen LogP) is 4.28. The number of hydrogen-bond donors (Lipinski definition) is 4. The zero-order valence-electron chi connectivity index (χ0n) is 21.6. The van der Waals surface area contributed by atoms with Crippen LogP contribution in [0.2, 0.25) is 10.0 Å². The zero-order valence-corrected chi connectivity index (χ0v) is 23.1. The maximum atomic E-state index is 14.8. The van der Waals surface area contributed by atoms with Crippen molar-refractivity contribution < 1.29 is 28.6 Å². The van der Waals surface area contributed by atoms with Gasteiger partial charge in [0.25, 0.3) is 5.92 Å². The summed E-state index contributed by atoms with van der Waals surface area (Å²) in [4.78, 5) is 27.9. The average Bonchev–Trinajstić information content (AvgIpc) is 3.47. The number of alkyl halides is 2. The molecule has 0 aliphatic carbocycles. The normalized spacial score (nSPS) is 27.3. The summed E-state index contributed by atoms with van der Waals surface area (Å²) in [6.45, 7) is 3.38. The van der Waals surface area contributed by atoms with E-state index in [1.807, 2.05) is 38.1 Å². The molecule has 2 fully saturated rings. The second-order valence-electron chi connectivity index (χ2n) is 11.5. The Balaban J connectivity index is 1.44. The fraction of sp³-hybridized carbons (Fsp3) is 0.500. The first kappa shape index (κ1) is 28.1. The molecule has 2 aromatic rings. The number of aliphatic carboxylic acids is 1. The highest BCUT2D eigenvalue weighted by Crippen LogP contribution is 2.60. The number of aliphatic hydroxyl groups is 1. The quantitative estimate of drug-likeness (QED) is 0.389. The summed E-state index contributed by atoms with van der Waals surface area (Å²) in [7, 11) is 0. The molecule has 3 aliphatic rings. The molecule has 1 amide bonds. The number of benzene rings is 2. The van der Waals surface area contributed by atoms with Gasteiger partial charge in [0.05, 0.1) is 41.2 Å². The third kappa shape index (κ3) is 4.67. The Hall–Kier alpha value is -2.46. The summed E-state index contributed by atoms with van der Waals surface area (Å²) >= 11 is 12.7. The molecule has 0 unspecified atom stereocenters. The number of fused-ring (bicyclic) bond motifs is 4. The van der Waals surface area contributed by atoms with Gasteiger partial charge >= 0.3 is 5.97 Å². The van der Waals surface area contributed by atoms with Gasteiger partial charge in [0.15, 0.2) is 0 Å². The minimum Gasteiger partial charge on any atom is -0.481 e. The van der Waals surface area contributed by atoms with E-state index in [9.17, 15) is 28.6 Å². The second-order valence-corrected chi connectivity index (χ2v) is 12.3. The topological polar surface area (TPSA) is 102 Å². The lowest BCUT2D eigenvalue weighted by molar-refractivity contribution is -0.150. The van der Waals surface area contributed by atoms with Crippen molar-refractivity contribution in [3.05, 3.63) is 63.1 Å². The van der Waals surface area contributed by atoms with Crippen LogP contribution in [0.25, 0.3) is 0 Å². The Kier molecular flexibility index (Phi) is 7.11. The minimum absolute atomic E-state index is 0.0170. The molecular weight excluding hydrogens is 551 g/mol. The van der Waals surface area contributed by atoms with Crippen LogP contribution in [0.1, 0.15) is 37.0 Å². The highest BCUT2D eigenvalue weighted by atomic mass is 35.5. The minimum atomic E-state index is -3.08. The number of nitrogens with zero attached hydrogens (tertiary/aromatic N) is 1. The van der Waals surface area contributed by atoms with Crippen molar-refractivity contribution in [3.8, 4) is 0 Å². The zero-order chi connectivity index (χ0) is 28.3. The van der Waals surface area contributed by atoms with Crippen molar-refractivity contribution in [1.29, 1.82) is 0 Å². The first-order chi connectivity index (χ1) is 18.3. The van der Waals surface area contributed by atoms with E-state index >= 15 is 0 Å². The van der Waals surface area contributed by atoms with Crippen molar-refractivity contribution in [3.63, 3.8) is 0 Å². The molecule has 5 rings (SSSR count). The van der Waals surface area contributed by atoms with Gasteiger partial charge in [0.1, 0.15) is 0 Å². The third-order valence-electron chi connectivity index (χ3n) is 8.55. The lowest BCUT2D eigenvalue weighted by Gasteiger charge is -2.37. The smallest absolute Gasteiger partial charge is 0.309 e. The number of carbonyl (C=O) groups excluding carboxylic acids is 1. The van der Waals surface area contributed by atoms with Gasteiger partial charge in [-0.3, -0.25) is 14.5 Å². The van der Waals surface area contributed by atoms with Gasteiger partial charge in [-0.1, -0.05) is 61.3 Å². The van der Waals surface area contributed by atoms with Crippen molar-refractivity contribution in [1.82, 2.24) is 10.2 Å². The molecule has 11 heteroatoms. The van der Waals surface area contributed by atoms with Crippen LogP contribution in [0.15, 0.2) is 36.4 Å². The van der Waals surface area contributed by atoms with Crippen LogP contribution >= 0.6 is 23.2 Å². The van der Waals surface area contributed by atoms with Gasteiger partial charge in [-0.25, -0.2) is 8.78 Å². The van der Waals surface area contributed by atoms with Gasteiger partial charge in [0.2, 0.25) is 5.91 Å². The molecule has 2 aromatic carbocycles. The van der Waals surface area contributed by atoms with E-state index in [1.165, 1.54) is 11.0 Å². The first-order valence-corrected chi connectivity index (χ1v) is 13.6. The van der Waals surface area contributed by atoms with Gasteiger partial charge in [-0.05, 0) is 29.7 Å². The van der Waals surface area contributed by atoms with E-state index in [0.717, 1.165) is 11.1 Å². The average molecular weight is 582 g/mol. The molecule has 7 nitrogen and oxygen atoms in total. The number of nitrogens with one attached hydrogen (secondary N) is 2. The summed E-state index contributed by atoms with van der Waals surface area (Å²) in [5.74, 6) is -7.39. The van der Waals surface area contributed by atoms with Gasteiger partial charge in [0, 0.05) is 41.6 Å². The van der Waals surface area contributed by atoms with Crippen LogP contribution < -0.4 is 10.6 Å². The van der Waals surface area contributed by atoms with E-state index in [2.05, 4.69) is 10.6 Å². The summed E-state index contributed by atoms with van der Waals surface area (Å²) in [5, 5.41) is 26.6. The largest absolute Gasteiger partial charge is 0.481 e. The number of carboxylic acids is 1. The lowest BCUT2D eigenvalue weighted by atomic mass is 9.74. The molecule has 210 valence electrons. The molecule has 2 saturated heterocycles. The number of carboxylic acid groups (broad SMARTS) is 1. The van der Waals surface area contributed by atoms with Crippen molar-refractivity contribution >= 4 is 40.8 Å². The number of aliphatic hydroxyl groups excluding tert-OH is 1. The van der Waals surface area contributed by atoms with Crippen LogP contribution in [-0.4, -0.2) is 65.2 Å². The Labute approximate surface area is 235 Å². The summed E-state index contributed by atoms with van der Waals surface area (Å²) in [5.41, 5.74) is 0.916. The highest BCUT2D eigenvalue weighted by molar-refractivity contribution is 6.36. The van der Waals surface area contributed by atoms with E-state index in [-0.39, 0.29) is 29.7 Å². The van der Waals surface area contributed by atoms with Crippen molar-refractivity contribution in [2.24, 2.45) is 11.8 Å². The van der Waals surface area contributed by atoms with Crippen LogP contribution in [0.4, 0.5) is 14.5 Å². The van der Waals surface area contributed by atoms with Gasteiger partial charge < -0.3 is 20.8 Å². The molecule has 1 spiro atoms. The maximum Gasteiger partial charge on any atom is 0.309 e. The third-order valence-corrected chi connectivity index (χ3v) is 9.07. The van der Waals surface area contributed by atoms with Gasteiger partial charge in [-0.2, -0.15) is 0 Å². The Bertz CT molecular complexity index is 1320. The molecule has 0 saturated carbocycles. The molecule has 4 atom stereocenters. The number of hydrogen-bond acceptors (Lipinski definition) is 5. The molecule has 4 N–H and O–H groups in total. The Morgan fingerprint density at radius 1 is 1.23 bits per heavy atom. The van der Waals surface area contributed by atoms with Crippen molar-refractivity contribution in [2.45, 2.75) is 49.6 Å². The van der Waals surface area contributed by atoms with Crippen LogP contribution in [-0.2, 0) is 27.0 Å². The lowest BCUT2D eigenvalue weighted by Crippen LogP contribution is -2.51. The van der Waals surface area contributed by atoms with E-state index in [4.69, 9.17) is 23.2 Å². The molecule has 0 radical (unpaired) electrons. The molecule has 0 aromatic heterocycles. The van der Waals surface area contributed by atoms with E-state index < -0.39 is 59.6 Å². The van der Waals surface area contributed by atoms with Crippen LogP contribution in [0.3, 0.4) is 0 Å². The monoisotopic (exact) mass is 581 g/mol. The Morgan fingerprint density at radius 3 is 2.67 bits per heavy atom. The van der Waals surface area contributed by atoms with Gasteiger partial charge in [-0.15, -0.1) is 0 Å². The van der Waals surface area contributed by atoms with E-state index in [0.29, 0.717) is 17.7 Å². The van der Waals surface area contributed by atoms with Crippen LogP contribution in [0.5, 0.6) is 0 Å². The number of halogens is 4. The maximum absolute atomic E-state index is 14.8. The van der Waals surface area contributed by atoms with Crippen molar-refractivity contribution in [2.75, 3.05) is 31.6 Å². The first-order valence-electron chi connectivity index (χ1n) is 12.9. The predicted molar refractivity (Wildman–Crippen MR) is 145 cm³/mol. The molecule has 3 aliphatic heterocycles. The standard InChI is InChI=1S/C28H31Cl2F2N3O4/c1-26(2,14-36)16-5-3-4-15(8-16)6-7-33-24(37)21-20-11-27(31,32)13-35(20)28(22(21)25(38)39)12-34-23-18(28)9-17(29)10-19(23)30/h3-5,8-10,20-22,34,36H,6-7,11-14H2,1-2H3,(H,33,37)(H,38,39)/t20-,21+,22-,28+/m1/s1. The highest BCUT2D eigenvalue weighted by Gasteiger charge is 2.71. The summed E-state index contributed by atoms with van der Waals surface area (Å²) < 4.78 is 29.7. The SMILES string of the molecule is CC(C)(CO)c1cccc(CCNC(=O)[C@H]2[C@H]3CC(F)(F)CN3[C@]3(CNc4c(Cl)cc(Cl)cc43)[C@H]2C(=O)O)c1. The molecule has 3 heterocycles. The van der Waals surface area contributed by atoms with E-state index in [1.54, 1.807) is 6.07 Å². The second kappa shape index (κ2) is 9.87. The summed E-state index contributed by atoms with van der Waals surface area (Å²) in [6, 6.07) is 9.77. The fourth-order valence-corrected chi connectivity index (χ4v) is 7.18. The molecular formula is C28H31Cl2F2N3O4. The number of anilines is 1. The Morgan fingerprint density at radius 2 is 1.97 bits per heavy atom. The molecule has 39 heavy (non-hydrogen) atoms. The fourth-order valence-electron chi connectivity index (χ4n) is 6.62. The van der Waals surface area contributed by atoms with Crippen LogP contribution in [0, 0.1) is 11.8 Å². The number of rotatable bonds is 7. The number of amides is 1. The molecule has 0 bridgehead atoms. The summed E-state index contributed by atoms with van der Waals surface area (Å²) in [6.07, 6.45) is -0.157.